The fourth-order valence-electron chi connectivity index (χ4n) is 2.80. The normalized spacial score (nSPS) is 12.3. The summed E-state index contributed by atoms with van der Waals surface area (Å²) < 4.78 is 13.7. The smallest absolute Gasteiger partial charge is 0.321 e. The summed E-state index contributed by atoms with van der Waals surface area (Å²) in [6, 6.07) is 13.3. The van der Waals surface area contributed by atoms with Crippen LogP contribution in [0.1, 0.15) is 50.4 Å². The minimum Gasteiger partial charge on any atom is -0.333 e. The molecule has 2 aromatic carbocycles. The van der Waals surface area contributed by atoms with Crippen molar-refractivity contribution >= 4 is 11.9 Å². The Balaban J connectivity index is 2.11. The highest BCUT2D eigenvalue weighted by atomic mass is 19.1. The fourth-order valence-corrected chi connectivity index (χ4v) is 2.80. The molecule has 5 nitrogen and oxygen atoms in total. The Bertz CT molecular complexity index is 813. The lowest BCUT2D eigenvalue weighted by Gasteiger charge is -2.22. The van der Waals surface area contributed by atoms with Crippen LogP contribution in [0.3, 0.4) is 0 Å². The first kappa shape index (κ1) is 21.6. The Kier molecular flexibility index (Phi) is 7.29. The van der Waals surface area contributed by atoms with Gasteiger partial charge in [-0.05, 0) is 56.0 Å². The molecule has 0 aromatic heterocycles. The lowest BCUT2D eigenvalue weighted by Crippen LogP contribution is -2.50. The summed E-state index contributed by atoms with van der Waals surface area (Å²) in [6.07, 6.45) is 0.920. The first-order chi connectivity index (χ1) is 13.2. The molecule has 0 unspecified atom stereocenters. The van der Waals surface area contributed by atoms with Gasteiger partial charge in [-0.3, -0.25) is 15.4 Å². The van der Waals surface area contributed by atoms with E-state index in [2.05, 4.69) is 22.9 Å². The third kappa shape index (κ3) is 6.78. The topological polar surface area (TPSA) is 70.2 Å². The molecule has 3 N–H and O–H groups in total. The second kappa shape index (κ2) is 9.46. The van der Waals surface area contributed by atoms with Gasteiger partial charge in [-0.15, -0.1) is 0 Å². The van der Waals surface area contributed by atoms with Gasteiger partial charge < -0.3 is 5.32 Å². The molecule has 2 aromatic rings. The van der Waals surface area contributed by atoms with Crippen molar-refractivity contribution in [2.24, 2.45) is 0 Å². The van der Waals surface area contributed by atoms with Gasteiger partial charge in [0.05, 0.1) is 12.6 Å². The molecule has 0 radical (unpaired) electrons. The second-order valence-corrected chi connectivity index (χ2v) is 7.72. The van der Waals surface area contributed by atoms with Crippen LogP contribution in [0.25, 0.3) is 0 Å². The van der Waals surface area contributed by atoms with Crippen molar-refractivity contribution in [1.82, 2.24) is 16.0 Å². The van der Waals surface area contributed by atoms with Gasteiger partial charge in [-0.2, -0.15) is 0 Å². The zero-order valence-electron chi connectivity index (χ0n) is 16.8. The number of hydrogen-bond donors (Lipinski definition) is 3. The standard InChI is InChI=1S/C22H28FN3O2/c1-5-15-9-11-16(12-10-15)20(17-7-6-8-18(23)13-17)24-14-19(27)25-21(28)26-22(2,3)4/h6-13,20,24H,5,14H2,1-4H3,(H2,25,26,27,28)/t20-/m1/s1. The maximum absolute atomic E-state index is 13.7. The summed E-state index contributed by atoms with van der Waals surface area (Å²) in [5, 5.41) is 8.10. The molecule has 0 spiro atoms. The van der Waals surface area contributed by atoms with Crippen molar-refractivity contribution in [2.45, 2.75) is 45.7 Å². The number of nitrogens with one attached hydrogen (secondary N) is 3. The lowest BCUT2D eigenvalue weighted by molar-refractivity contribution is -0.119. The average molecular weight is 385 g/mol. The number of urea groups is 1. The molecule has 0 heterocycles. The summed E-state index contributed by atoms with van der Waals surface area (Å²) in [5.74, 6) is -0.809. The van der Waals surface area contributed by atoms with E-state index in [1.54, 1.807) is 12.1 Å². The van der Waals surface area contributed by atoms with Crippen molar-refractivity contribution in [3.8, 4) is 0 Å². The average Bonchev–Trinajstić information content (AvgIpc) is 2.61. The van der Waals surface area contributed by atoms with Crippen LogP contribution in [-0.2, 0) is 11.2 Å². The third-order valence-electron chi connectivity index (χ3n) is 4.11. The van der Waals surface area contributed by atoms with E-state index < -0.39 is 17.5 Å². The van der Waals surface area contributed by atoms with Gasteiger partial charge >= 0.3 is 6.03 Å². The first-order valence-corrected chi connectivity index (χ1v) is 9.37. The number of halogens is 1. The Morgan fingerprint density at radius 2 is 1.71 bits per heavy atom. The number of aryl methyl sites for hydroxylation is 1. The highest BCUT2D eigenvalue weighted by Crippen LogP contribution is 2.23. The molecule has 0 bridgehead atoms. The monoisotopic (exact) mass is 385 g/mol. The molecule has 0 saturated carbocycles. The van der Waals surface area contributed by atoms with E-state index in [0.29, 0.717) is 5.56 Å². The molecule has 2 rings (SSSR count). The van der Waals surface area contributed by atoms with Gasteiger partial charge in [-0.1, -0.05) is 43.3 Å². The zero-order valence-corrected chi connectivity index (χ0v) is 16.8. The van der Waals surface area contributed by atoms with Crippen LogP contribution in [0.5, 0.6) is 0 Å². The maximum atomic E-state index is 13.7. The maximum Gasteiger partial charge on any atom is 0.321 e. The molecular weight excluding hydrogens is 357 g/mol. The van der Waals surface area contributed by atoms with E-state index in [4.69, 9.17) is 0 Å². The predicted octanol–water partition coefficient (Wildman–Crippen LogP) is 3.69. The van der Waals surface area contributed by atoms with E-state index in [1.165, 1.54) is 17.7 Å². The zero-order chi connectivity index (χ0) is 20.7. The SMILES string of the molecule is CCc1ccc([C@@H](NCC(=O)NC(=O)NC(C)(C)C)c2cccc(F)c2)cc1. The molecule has 0 fully saturated rings. The predicted molar refractivity (Wildman–Crippen MR) is 108 cm³/mol. The van der Waals surface area contributed by atoms with E-state index in [9.17, 15) is 14.0 Å². The lowest BCUT2D eigenvalue weighted by atomic mass is 9.97. The Morgan fingerprint density at radius 3 is 2.29 bits per heavy atom. The summed E-state index contributed by atoms with van der Waals surface area (Å²) >= 11 is 0. The summed E-state index contributed by atoms with van der Waals surface area (Å²) in [7, 11) is 0. The molecule has 3 amide bonds. The van der Waals surface area contributed by atoms with Crippen LogP contribution in [-0.4, -0.2) is 24.0 Å². The third-order valence-corrected chi connectivity index (χ3v) is 4.11. The fraction of sp³-hybridized carbons (Fsp3) is 0.364. The van der Waals surface area contributed by atoms with Gasteiger partial charge in [0.2, 0.25) is 5.91 Å². The first-order valence-electron chi connectivity index (χ1n) is 9.37. The Morgan fingerprint density at radius 1 is 1.04 bits per heavy atom. The van der Waals surface area contributed by atoms with Gasteiger partial charge in [-0.25, -0.2) is 9.18 Å². The minimum atomic E-state index is -0.547. The van der Waals surface area contributed by atoms with Crippen LogP contribution >= 0.6 is 0 Å². The van der Waals surface area contributed by atoms with Gasteiger partial charge in [0.1, 0.15) is 5.82 Å². The van der Waals surface area contributed by atoms with E-state index in [-0.39, 0.29) is 18.4 Å². The number of benzene rings is 2. The number of amides is 3. The largest absolute Gasteiger partial charge is 0.333 e. The number of rotatable bonds is 6. The highest BCUT2D eigenvalue weighted by Gasteiger charge is 2.18. The van der Waals surface area contributed by atoms with Crippen molar-refractivity contribution in [2.75, 3.05) is 6.54 Å². The van der Waals surface area contributed by atoms with Crippen molar-refractivity contribution in [3.63, 3.8) is 0 Å². The van der Waals surface area contributed by atoms with Crippen molar-refractivity contribution in [3.05, 3.63) is 71.0 Å². The molecule has 0 aliphatic rings. The number of carbonyl (C=O) groups excluding carboxylic acids is 2. The van der Waals surface area contributed by atoms with E-state index in [0.717, 1.165) is 12.0 Å². The number of carbonyl (C=O) groups is 2. The highest BCUT2D eigenvalue weighted by molar-refractivity contribution is 5.95. The molecule has 6 heteroatoms. The number of hydrogen-bond acceptors (Lipinski definition) is 3. The molecular formula is C22H28FN3O2. The molecule has 0 aliphatic heterocycles. The summed E-state index contributed by atoms with van der Waals surface area (Å²) in [5.41, 5.74) is 2.37. The van der Waals surface area contributed by atoms with Gasteiger partial charge in [0.25, 0.3) is 0 Å². The van der Waals surface area contributed by atoms with Crippen LogP contribution < -0.4 is 16.0 Å². The minimum absolute atomic E-state index is 0.0890. The molecule has 0 aliphatic carbocycles. The van der Waals surface area contributed by atoms with E-state index >= 15 is 0 Å². The van der Waals surface area contributed by atoms with Crippen LogP contribution in [0.4, 0.5) is 9.18 Å². The Labute approximate surface area is 165 Å². The quantitative estimate of drug-likeness (QED) is 0.710. The van der Waals surface area contributed by atoms with Gasteiger partial charge in [0.15, 0.2) is 0 Å². The number of imide groups is 1. The van der Waals surface area contributed by atoms with Crippen molar-refractivity contribution in [1.29, 1.82) is 0 Å². The van der Waals surface area contributed by atoms with Crippen LogP contribution in [0, 0.1) is 5.82 Å². The molecule has 0 saturated heterocycles. The molecule has 150 valence electrons. The summed E-state index contributed by atoms with van der Waals surface area (Å²) in [6.45, 7) is 7.47. The van der Waals surface area contributed by atoms with Crippen LogP contribution in [0.2, 0.25) is 0 Å². The molecule has 1 atom stereocenters. The Hall–Kier alpha value is -2.73. The van der Waals surface area contributed by atoms with Crippen molar-refractivity contribution < 1.29 is 14.0 Å². The molecule has 28 heavy (non-hydrogen) atoms. The summed E-state index contributed by atoms with van der Waals surface area (Å²) in [4.78, 5) is 24.0. The van der Waals surface area contributed by atoms with E-state index in [1.807, 2.05) is 45.0 Å². The van der Waals surface area contributed by atoms with Crippen LogP contribution in [0.15, 0.2) is 48.5 Å². The van der Waals surface area contributed by atoms with Gasteiger partial charge in [0, 0.05) is 5.54 Å². The second-order valence-electron chi connectivity index (χ2n) is 7.72.